The van der Waals surface area contributed by atoms with Crippen molar-refractivity contribution in [2.75, 3.05) is 14.2 Å². The van der Waals surface area contributed by atoms with Crippen LogP contribution < -0.4 is 9.47 Å². The highest BCUT2D eigenvalue weighted by molar-refractivity contribution is 5.97. The molecule has 0 aliphatic heterocycles. The highest BCUT2D eigenvalue weighted by atomic mass is 16.5. The fourth-order valence-corrected chi connectivity index (χ4v) is 1.86. The lowest BCUT2D eigenvalue weighted by Crippen LogP contribution is -1.98. The van der Waals surface area contributed by atoms with Gasteiger partial charge in [0.15, 0.2) is 11.5 Å². The van der Waals surface area contributed by atoms with Gasteiger partial charge in [0, 0.05) is 23.5 Å². The Balaban J connectivity index is 2.63. The van der Waals surface area contributed by atoms with Gasteiger partial charge in [-0.2, -0.15) is 0 Å². The van der Waals surface area contributed by atoms with Crippen LogP contribution in [0.4, 0.5) is 0 Å². The summed E-state index contributed by atoms with van der Waals surface area (Å²) in [7, 11) is 3.06. The van der Waals surface area contributed by atoms with Gasteiger partial charge in [0.2, 0.25) is 0 Å². The van der Waals surface area contributed by atoms with Crippen LogP contribution in [0.25, 0.3) is 11.1 Å². The number of ether oxygens (including phenoxy) is 2. The Morgan fingerprint density at radius 1 is 1.17 bits per heavy atom. The summed E-state index contributed by atoms with van der Waals surface area (Å²) >= 11 is 0. The number of H-pyrrole nitrogens is 1. The first-order valence-corrected chi connectivity index (χ1v) is 5.30. The summed E-state index contributed by atoms with van der Waals surface area (Å²) in [6.45, 7) is 0. The Kier molecular flexibility index (Phi) is 3.23. The molecule has 94 valence electrons. The molecule has 1 aromatic carbocycles. The smallest absolute Gasteiger partial charge is 0.337 e. The van der Waals surface area contributed by atoms with E-state index in [1.807, 2.05) is 0 Å². The highest BCUT2D eigenvalue weighted by Crippen LogP contribution is 2.38. The average Bonchev–Trinajstić information content (AvgIpc) is 2.86. The molecule has 0 aliphatic carbocycles. The fraction of sp³-hybridized carbons (Fsp3) is 0.154. The zero-order valence-electron chi connectivity index (χ0n) is 10.1. The van der Waals surface area contributed by atoms with Gasteiger partial charge in [-0.3, -0.25) is 0 Å². The summed E-state index contributed by atoms with van der Waals surface area (Å²) in [6, 6.07) is 5.34. The van der Waals surface area contributed by atoms with Gasteiger partial charge in [-0.05, 0) is 6.07 Å². The van der Waals surface area contributed by atoms with Crippen molar-refractivity contribution in [1.29, 1.82) is 0 Å². The van der Waals surface area contributed by atoms with E-state index in [0.29, 0.717) is 22.6 Å². The van der Waals surface area contributed by atoms with Crippen molar-refractivity contribution >= 4 is 5.97 Å². The van der Waals surface area contributed by atoms with Gasteiger partial charge in [0.25, 0.3) is 0 Å². The van der Waals surface area contributed by atoms with Crippen LogP contribution in [-0.2, 0) is 0 Å². The number of hydrogen-bond acceptors (Lipinski definition) is 3. The summed E-state index contributed by atoms with van der Waals surface area (Å²) in [5, 5.41) is 9.11. The van der Waals surface area contributed by atoms with Crippen LogP contribution >= 0.6 is 0 Å². The number of aromatic amines is 1. The van der Waals surface area contributed by atoms with E-state index < -0.39 is 5.97 Å². The summed E-state index contributed by atoms with van der Waals surface area (Å²) in [5.74, 6) is 0.0887. The monoisotopic (exact) mass is 247 g/mol. The van der Waals surface area contributed by atoms with E-state index in [1.54, 1.807) is 24.4 Å². The minimum absolute atomic E-state index is 0.196. The van der Waals surface area contributed by atoms with Crippen LogP contribution in [0.2, 0.25) is 0 Å². The van der Waals surface area contributed by atoms with Crippen molar-refractivity contribution in [1.82, 2.24) is 4.98 Å². The van der Waals surface area contributed by atoms with E-state index in [2.05, 4.69) is 4.98 Å². The van der Waals surface area contributed by atoms with Gasteiger partial charge in [0.1, 0.15) is 0 Å². The normalized spacial score (nSPS) is 10.1. The molecule has 1 aromatic heterocycles. The lowest BCUT2D eigenvalue weighted by Gasteiger charge is -2.12. The van der Waals surface area contributed by atoms with Crippen molar-refractivity contribution in [3.8, 4) is 22.6 Å². The van der Waals surface area contributed by atoms with E-state index in [9.17, 15) is 4.79 Å². The molecule has 0 bridgehead atoms. The number of aromatic carboxylic acids is 1. The van der Waals surface area contributed by atoms with Gasteiger partial charge >= 0.3 is 5.97 Å². The molecule has 0 aliphatic rings. The lowest BCUT2D eigenvalue weighted by molar-refractivity contribution is 0.0698. The predicted octanol–water partition coefficient (Wildman–Crippen LogP) is 2.40. The number of hydrogen-bond donors (Lipinski definition) is 2. The molecule has 18 heavy (non-hydrogen) atoms. The van der Waals surface area contributed by atoms with E-state index >= 15 is 0 Å². The minimum Gasteiger partial charge on any atom is -0.493 e. The third-order valence-corrected chi connectivity index (χ3v) is 2.67. The number of nitrogens with one attached hydrogen (secondary N) is 1. The molecule has 0 saturated heterocycles. The van der Waals surface area contributed by atoms with Gasteiger partial charge in [0.05, 0.1) is 19.8 Å². The van der Waals surface area contributed by atoms with Gasteiger partial charge < -0.3 is 19.6 Å². The number of aromatic nitrogens is 1. The summed E-state index contributed by atoms with van der Waals surface area (Å²) in [5.41, 5.74) is 1.44. The maximum atomic E-state index is 11.1. The standard InChI is InChI=1S/C13H13NO4/c1-17-11-5-3-4-8(12(11)18-2)9-6-14-7-10(9)13(15)16/h3-7,14H,1-2H3,(H,15,16). The van der Waals surface area contributed by atoms with E-state index in [1.165, 1.54) is 20.4 Å². The third-order valence-electron chi connectivity index (χ3n) is 2.67. The highest BCUT2D eigenvalue weighted by Gasteiger charge is 2.18. The topological polar surface area (TPSA) is 71.6 Å². The molecule has 0 fully saturated rings. The van der Waals surface area contributed by atoms with Crippen LogP contribution in [0, 0.1) is 0 Å². The maximum absolute atomic E-state index is 11.1. The Hall–Kier alpha value is -2.43. The minimum atomic E-state index is -0.990. The van der Waals surface area contributed by atoms with Gasteiger partial charge in [-0.15, -0.1) is 0 Å². The van der Waals surface area contributed by atoms with E-state index in [-0.39, 0.29) is 5.56 Å². The van der Waals surface area contributed by atoms with Crippen molar-refractivity contribution in [2.24, 2.45) is 0 Å². The second kappa shape index (κ2) is 4.83. The third kappa shape index (κ3) is 1.90. The summed E-state index contributed by atoms with van der Waals surface area (Å²) in [4.78, 5) is 13.9. The molecule has 0 radical (unpaired) electrons. The largest absolute Gasteiger partial charge is 0.493 e. The predicted molar refractivity (Wildman–Crippen MR) is 66.3 cm³/mol. The number of carbonyl (C=O) groups is 1. The lowest BCUT2D eigenvalue weighted by atomic mass is 10.0. The Morgan fingerprint density at radius 2 is 1.94 bits per heavy atom. The number of rotatable bonds is 4. The van der Waals surface area contributed by atoms with Crippen LogP contribution in [0.15, 0.2) is 30.6 Å². The van der Waals surface area contributed by atoms with Crippen LogP contribution in [0.3, 0.4) is 0 Å². The van der Waals surface area contributed by atoms with Gasteiger partial charge in [-0.25, -0.2) is 4.79 Å². The molecule has 2 aromatic rings. The number of carboxylic acid groups (broad SMARTS) is 1. The molecule has 2 N–H and O–H groups in total. The number of para-hydroxylation sites is 1. The second-order valence-corrected chi connectivity index (χ2v) is 3.63. The number of carboxylic acids is 1. The SMILES string of the molecule is COc1cccc(-c2c[nH]cc2C(=O)O)c1OC. The molecule has 2 rings (SSSR count). The molecule has 5 heteroatoms. The molecule has 0 unspecified atom stereocenters. The molecule has 0 atom stereocenters. The molecule has 0 saturated carbocycles. The van der Waals surface area contributed by atoms with Crippen molar-refractivity contribution in [2.45, 2.75) is 0 Å². The molecule has 0 spiro atoms. The molecule has 5 nitrogen and oxygen atoms in total. The van der Waals surface area contributed by atoms with E-state index in [0.717, 1.165) is 0 Å². The average molecular weight is 247 g/mol. The van der Waals surface area contributed by atoms with Crippen LogP contribution in [0.1, 0.15) is 10.4 Å². The van der Waals surface area contributed by atoms with Crippen molar-refractivity contribution in [3.63, 3.8) is 0 Å². The Labute approximate surface area is 104 Å². The molecular formula is C13H13NO4. The first-order chi connectivity index (χ1) is 8.69. The molecule has 1 heterocycles. The first kappa shape index (κ1) is 12.0. The molecular weight excluding hydrogens is 234 g/mol. The molecule has 0 amide bonds. The second-order valence-electron chi connectivity index (χ2n) is 3.63. The van der Waals surface area contributed by atoms with Gasteiger partial charge in [-0.1, -0.05) is 12.1 Å². The Bertz CT molecular complexity index is 574. The zero-order valence-corrected chi connectivity index (χ0v) is 10.1. The van der Waals surface area contributed by atoms with E-state index in [4.69, 9.17) is 14.6 Å². The zero-order chi connectivity index (χ0) is 13.1. The summed E-state index contributed by atoms with van der Waals surface area (Å²) in [6.07, 6.45) is 3.07. The van der Waals surface area contributed by atoms with Crippen LogP contribution in [-0.4, -0.2) is 30.3 Å². The van der Waals surface area contributed by atoms with Crippen molar-refractivity contribution in [3.05, 3.63) is 36.2 Å². The summed E-state index contributed by atoms with van der Waals surface area (Å²) < 4.78 is 10.5. The number of methoxy groups -OCH3 is 2. The maximum Gasteiger partial charge on any atom is 0.337 e. The first-order valence-electron chi connectivity index (χ1n) is 5.30. The van der Waals surface area contributed by atoms with Crippen molar-refractivity contribution < 1.29 is 19.4 Å². The number of benzene rings is 1. The quantitative estimate of drug-likeness (QED) is 0.870. The fourth-order valence-electron chi connectivity index (χ4n) is 1.86. The van der Waals surface area contributed by atoms with Crippen LogP contribution in [0.5, 0.6) is 11.5 Å². The Morgan fingerprint density at radius 3 is 2.56 bits per heavy atom.